The summed E-state index contributed by atoms with van der Waals surface area (Å²) >= 11 is -6.15. The molecule has 0 heterocycles. The van der Waals surface area contributed by atoms with Gasteiger partial charge in [-0.05, 0) is 0 Å². The van der Waals surface area contributed by atoms with Crippen molar-refractivity contribution in [2.45, 2.75) is 12.2 Å². The average Bonchev–Trinajstić information content (AvgIpc) is 2.09. The molecule has 4 N–H and O–H groups in total. The second-order valence-corrected chi connectivity index (χ2v) is 3.40. The van der Waals surface area contributed by atoms with E-state index >= 15 is 0 Å². The van der Waals surface area contributed by atoms with Crippen LogP contribution in [0.4, 0.5) is 0 Å². The SMILES string of the molecule is O=C(O)C(OS(=O)O)C(OS(=O)O)C(=O)O. The summed E-state index contributed by atoms with van der Waals surface area (Å²) in [5.74, 6) is -3.89. The molecule has 0 spiro atoms. The molecule has 0 saturated heterocycles. The highest BCUT2D eigenvalue weighted by Crippen LogP contribution is 2.08. The summed E-state index contributed by atoms with van der Waals surface area (Å²) in [6, 6.07) is 0. The molecule has 0 fully saturated rings. The molecule has 0 aliphatic heterocycles. The van der Waals surface area contributed by atoms with Crippen LogP contribution in [0.2, 0.25) is 0 Å². The smallest absolute Gasteiger partial charge is 0.337 e. The molecule has 4 atom stereocenters. The summed E-state index contributed by atoms with van der Waals surface area (Å²) in [6.07, 6.45) is -4.81. The number of carboxylic acid groups (broad SMARTS) is 2. The first-order valence-electron chi connectivity index (χ1n) is 3.27. The van der Waals surface area contributed by atoms with Crippen molar-refractivity contribution < 1.29 is 45.7 Å². The lowest BCUT2D eigenvalue weighted by Gasteiger charge is -2.16. The first kappa shape index (κ1) is 15.1. The Morgan fingerprint density at radius 1 is 0.875 bits per heavy atom. The maximum absolute atomic E-state index is 10.5. The Morgan fingerprint density at radius 2 is 1.12 bits per heavy atom. The highest BCUT2D eigenvalue weighted by atomic mass is 32.2. The molecule has 0 aromatic rings. The van der Waals surface area contributed by atoms with Gasteiger partial charge in [0, 0.05) is 0 Å². The van der Waals surface area contributed by atoms with Crippen LogP contribution >= 0.6 is 0 Å². The lowest BCUT2D eigenvalue weighted by Crippen LogP contribution is -2.44. The molecule has 0 radical (unpaired) electrons. The van der Waals surface area contributed by atoms with Gasteiger partial charge < -0.3 is 10.2 Å². The Morgan fingerprint density at radius 3 is 1.25 bits per heavy atom. The van der Waals surface area contributed by atoms with Gasteiger partial charge >= 0.3 is 34.7 Å². The second kappa shape index (κ2) is 6.62. The minimum Gasteiger partial charge on any atom is -0.479 e. The lowest BCUT2D eigenvalue weighted by atomic mass is 10.2. The van der Waals surface area contributed by atoms with Crippen LogP contribution in [0.1, 0.15) is 0 Å². The molecule has 0 bridgehead atoms. The summed E-state index contributed by atoms with van der Waals surface area (Å²) in [4.78, 5) is 20.9. The molecule has 0 aromatic carbocycles. The van der Waals surface area contributed by atoms with Gasteiger partial charge in [-0.25, -0.2) is 18.0 Å². The van der Waals surface area contributed by atoms with E-state index in [1.165, 1.54) is 0 Å². The highest BCUT2D eigenvalue weighted by Gasteiger charge is 2.39. The van der Waals surface area contributed by atoms with Crippen LogP contribution in [0.5, 0.6) is 0 Å². The number of carbonyl (C=O) groups is 2. The molecule has 0 aliphatic carbocycles. The predicted octanol–water partition coefficient (Wildman–Crippen LogP) is -1.80. The van der Waals surface area contributed by atoms with E-state index in [2.05, 4.69) is 8.37 Å². The molecule has 94 valence electrons. The molecule has 0 rings (SSSR count). The topological polar surface area (TPSA) is 168 Å². The number of carboxylic acids is 2. The standard InChI is InChI=1S/C4H6O10S2/c5-3(6)1(13-15(9)10)2(4(7)8)14-16(11)12/h1-2H,(H,5,6)(H,7,8)(H,9,10)(H,11,12). The van der Waals surface area contributed by atoms with Crippen molar-refractivity contribution in [3.8, 4) is 0 Å². The van der Waals surface area contributed by atoms with Crippen molar-refractivity contribution in [1.82, 2.24) is 0 Å². The third-order valence-electron chi connectivity index (χ3n) is 1.13. The zero-order chi connectivity index (χ0) is 12.9. The molecule has 0 aromatic heterocycles. The summed E-state index contributed by atoms with van der Waals surface area (Å²) in [6.45, 7) is 0. The van der Waals surface area contributed by atoms with Crippen molar-refractivity contribution in [2.24, 2.45) is 0 Å². The van der Waals surface area contributed by atoms with Crippen molar-refractivity contribution in [3.05, 3.63) is 0 Å². The van der Waals surface area contributed by atoms with Crippen LogP contribution in [0.3, 0.4) is 0 Å². The Hall–Kier alpha value is -0.920. The fourth-order valence-electron chi connectivity index (χ4n) is 0.620. The maximum atomic E-state index is 10.5. The van der Waals surface area contributed by atoms with E-state index < -0.39 is 46.9 Å². The predicted molar refractivity (Wildman–Crippen MR) is 46.6 cm³/mol. The van der Waals surface area contributed by atoms with Crippen LogP contribution in [-0.4, -0.2) is 51.9 Å². The van der Waals surface area contributed by atoms with E-state index in [0.717, 1.165) is 0 Å². The Bertz CT molecular complexity index is 293. The molecular formula is C4H6O10S2. The first-order valence-corrected chi connectivity index (χ1v) is 5.33. The molecule has 10 nitrogen and oxygen atoms in total. The van der Waals surface area contributed by atoms with Crippen molar-refractivity contribution >= 4 is 34.7 Å². The van der Waals surface area contributed by atoms with Crippen molar-refractivity contribution in [1.29, 1.82) is 0 Å². The normalized spacial score (nSPS) is 18.4. The molecule has 4 unspecified atom stereocenters. The third-order valence-corrected chi connectivity index (χ3v) is 1.88. The third kappa shape index (κ3) is 5.24. The van der Waals surface area contributed by atoms with Crippen LogP contribution in [-0.2, 0) is 40.7 Å². The fourth-order valence-corrected chi connectivity index (χ4v) is 1.34. The van der Waals surface area contributed by atoms with E-state index in [1.807, 2.05) is 0 Å². The van der Waals surface area contributed by atoms with Crippen LogP contribution in [0, 0.1) is 0 Å². The minimum absolute atomic E-state index is 1.94. The Balaban J connectivity index is 4.93. The van der Waals surface area contributed by atoms with E-state index in [-0.39, 0.29) is 0 Å². The summed E-state index contributed by atoms with van der Waals surface area (Å²) in [5, 5.41) is 16.9. The quantitative estimate of drug-likeness (QED) is 0.390. The Labute approximate surface area is 93.1 Å². The van der Waals surface area contributed by atoms with E-state index in [9.17, 15) is 18.0 Å². The highest BCUT2D eigenvalue weighted by molar-refractivity contribution is 7.74. The molecule has 0 aliphatic rings. The maximum Gasteiger partial charge on any atom is 0.337 e. The van der Waals surface area contributed by atoms with Crippen molar-refractivity contribution in [2.75, 3.05) is 0 Å². The molecule has 12 heteroatoms. The molecular weight excluding hydrogens is 272 g/mol. The fraction of sp³-hybridized carbons (Fsp3) is 0.500. The summed E-state index contributed by atoms with van der Waals surface area (Å²) < 4.78 is 44.4. The van der Waals surface area contributed by atoms with Crippen LogP contribution in [0.25, 0.3) is 0 Å². The van der Waals surface area contributed by atoms with Crippen molar-refractivity contribution in [3.63, 3.8) is 0 Å². The summed E-state index contributed by atoms with van der Waals surface area (Å²) in [5.41, 5.74) is 0. The van der Waals surface area contributed by atoms with Gasteiger partial charge in [0.15, 0.2) is 0 Å². The average molecular weight is 278 g/mol. The molecule has 16 heavy (non-hydrogen) atoms. The van der Waals surface area contributed by atoms with Gasteiger partial charge in [-0.3, -0.25) is 9.11 Å². The number of hydrogen-bond acceptors (Lipinski definition) is 6. The van der Waals surface area contributed by atoms with E-state index in [1.54, 1.807) is 0 Å². The van der Waals surface area contributed by atoms with Crippen LogP contribution < -0.4 is 0 Å². The minimum atomic E-state index is -3.07. The van der Waals surface area contributed by atoms with E-state index in [4.69, 9.17) is 19.3 Å². The number of rotatable bonds is 7. The first-order chi connectivity index (χ1) is 7.25. The largest absolute Gasteiger partial charge is 0.479 e. The molecule has 0 saturated carbocycles. The Kier molecular flexibility index (Phi) is 6.24. The van der Waals surface area contributed by atoms with Gasteiger partial charge in [0.1, 0.15) is 0 Å². The van der Waals surface area contributed by atoms with Gasteiger partial charge in [0.05, 0.1) is 0 Å². The zero-order valence-electron chi connectivity index (χ0n) is 7.21. The van der Waals surface area contributed by atoms with Gasteiger partial charge in [0.2, 0.25) is 12.2 Å². The van der Waals surface area contributed by atoms with Gasteiger partial charge in [-0.15, -0.1) is 0 Å². The number of aliphatic carboxylic acids is 2. The van der Waals surface area contributed by atoms with Crippen LogP contribution in [0.15, 0.2) is 0 Å². The summed E-state index contributed by atoms with van der Waals surface area (Å²) in [7, 11) is 0. The van der Waals surface area contributed by atoms with Gasteiger partial charge in [0.25, 0.3) is 0 Å². The zero-order valence-corrected chi connectivity index (χ0v) is 8.84. The van der Waals surface area contributed by atoms with E-state index in [0.29, 0.717) is 0 Å². The number of hydrogen-bond donors (Lipinski definition) is 4. The van der Waals surface area contributed by atoms with Gasteiger partial charge in [-0.2, -0.15) is 8.42 Å². The monoisotopic (exact) mass is 278 g/mol. The molecule has 0 amide bonds. The lowest BCUT2D eigenvalue weighted by molar-refractivity contribution is -0.161. The second-order valence-electron chi connectivity index (χ2n) is 2.14. The van der Waals surface area contributed by atoms with Gasteiger partial charge in [-0.1, -0.05) is 0 Å².